The molecule has 104 valence electrons. The maximum Gasteiger partial charge on any atom is 0.218 e. The van der Waals surface area contributed by atoms with E-state index >= 15 is 0 Å². The maximum atomic E-state index is 12.2. The molecule has 1 aliphatic heterocycles. The minimum Gasteiger partial charge on any atom is -0.484 e. The number of aromatic nitrogens is 2. The van der Waals surface area contributed by atoms with Crippen molar-refractivity contribution in [2.24, 2.45) is 7.05 Å². The van der Waals surface area contributed by atoms with Crippen LogP contribution in [0.2, 0.25) is 0 Å². The topological polar surface area (TPSA) is 53.4 Å². The highest BCUT2D eigenvalue weighted by atomic mass is 16.5. The predicted molar refractivity (Wildman–Crippen MR) is 73.3 cm³/mol. The Balaban J connectivity index is 2.04. The van der Waals surface area contributed by atoms with E-state index in [1.54, 1.807) is 17.9 Å². The van der Waals surface area contributed by atoms with E-state index in [-0.39, 0.29) is 11.9 Å². The molecule has 0 bridgehead atoms. The van der Waals surface area contributed by atoms with Gasteiger partial charge in [-0.1, -0.05) is 12.1 Å². The maximum absolute atomic E-state index is 12.2. The molecule has 3 rings (SSSR count). The van der Waals surface area contributed by atoms with Crippen molar-refractivity contribution in [3.8, 4) is 11.6 Å². The van der Waals surface area contributed by atoms with E-state index in [0.29, 0.717) is 23.6 Å². The van der Waals surface area contributed by atoms with Gasteiger partial charge in [-0.2, -0.15) is 5.10 Å². The summed E-state index contributed by atoms with van der Waals surface area (Å²) in [6, 6.07) is 7.32. The Bertz CT molecular complexity index is 676. The van der Waals surface area contributed by atoms with Crippen molar-refractivity contribution in [1.29, 1.82) is 0 Å². The molecule has 5 nitrogen and oxygen atoms in total. The van der Waals surface area contributed by atoms with Crippen LogP contribution in [0.5, 0.6) is 11.6 Å². The average molecular weight is 272 g/mol. The summed E-state index contributed by atoms with van der Waals surface area (Å²) in [5.41, 5.74) is 2.31. The predicted octanol–water partition coefficient (Wildman–Crippen LogP) is 2.44. The molecular weight excluding hydrogens is 256 g/mol. The normalized spacial score (nSPS) is 17.6. The van der Waals surface area contributed by atoms with Crippen molar-refractivity contribution in [3.63, 3.8) is 0 Å². The van der Waals surface area contributed by atoms with Gasteiger partial charge in [-0.3, -0.25) is 4.79 Å². The Morgan fingerprint density at radius 2 is 2.15 bits per heavy atom. The minimum atomic E-state index is -0.346. The highest BCUT2D eigenvalue weighted by molar-refractivity contribution is 6.00. The second-order valence-corrected chi connectivity index (χ2v) is 4.86. The van der Waals surface area contributed by atoms with Crippen LogP contribution >= 0.6 is 0 Å². The van der Waals surface area contributed by atoms with Gasteiger partial charge in [-0.05, 0) is 19.1 Å². The van der Waals surface area contributed by atoms with E-state index < -0.39 is 0 Å². The largest absolute Gasteiger partial charge is 0.484 e. The zero-order valence-corrected chi connectivity index (χ0v) is 11.7. The first-order valence-corrected chi connectivity index (χ1v) is 6.48. The van der Waals surface area contributed by atoms with Gasteiger partial charge in [0.25, 0.3) is 0 Å². The van der Waals surface area contributed by atoms with Crippen molar-refractivity contribution in [2.75, 3.05) is 7.11 Å². The summed E-state index contributed by atoms with van der Waals surface area (Å²) in [6.45, 7) is 1.90. The quantitative estimate of drug-likeness (QED) is 0.842. The first kappa shape index (κ1) is 12.7. The smallest absolute Gasteiger partial charge is 0.218 e. The van der Waals surface area contributed by atoms with Crippen LogP contribution in [0.1, 0.15) is 34.1 Å². The van der Waals surface area contributed by atoms with Crippen LogP contribution in [0.4, 0.5) is 0 Å². The molecule has 0 spiro atoms. The third-order valence-corrected chi connectivity index (χ3v) is 3.56. The second-order valence-electron chi connectivity index (χ2n) is 4.86. The molecule has 0 aliphatic carbocycles. The summed E-state index contributed by atoms with van der Waals surface area (Å²) >= 11 is 0. The van der Waals surface area contributed by atoms with Crippen LogP contribution in [0.25, 0.3) is 0 Å². The molecule has 1 unspecified atom stereocenters. The second kappa shape index (κ2) is 4.67. The SMILES string of the molecule is COc1c(C2CC(=O)c3ccccc3O2)c(C)nn1C. The van der Waals surface area contributed by atoms with Crippen molar-refractivity contribution in [2.45, 2.75) is 19.4 Å². The summed E-state index contributed by atoms with van der Waals surface area (Å²) < 4.78 is 13.0. The Labute approximate surface area is 117 Å². The molecule has 1 aromatic heterocycles. The van der Waals surface area contributed by atoms with Crippen LogP contribution in [-0.4, -0.2) is 22.7 Å². The fraction of sp³-hybridized carbons (Fsp3) is 0.333. The molecular formula is C15H16N2O3. The molecule has 0 amide bonds. The molecule has 0 N–H and O–H groups in total. The lowest BCUT2D eigenvalue weighted by atomic mass is 9.96. The molecule has 0 saturated carbocycles. The number of aryl methyl sites for hydroxylation is 2. The summed E-state index contributed by atoms with van der Waals surface area (Å²) in [7, 11) is 3.41. The Morgan fingerprint density at radius 1 is 1.40 bits per heavy atom. The lowest BCUT2D eigenvalue weighted by Crippen LogP contribution is -2.21. The minimum absolute atomic E-state index is 0.0853. The molecule has 0 fully saturated rings. The third kappa shape index (κ3) is 1.86. The van der Waals surface area contributed by atoms with E-state index in [4.69, 9.17) is 9.47 Å². The monoisotopic (exact) mass is 272 g/mol. The standard InChI is InChI=1S/C15H16N2O3/c1-9-14(15(19-3)17(2)16-9)13-8-11(18)10-6-4-5-7-12(10)20-13/h4-7,13H,8H2,1-3H3. The lowest BCUT2D eigenvalue weighted by Gasteiger charge is -2.25. The molecule has 20 heavy (non-hydrogen) atoms. The van der Waals surface area contributed by atoms with E-state index in [2.05, 4.69) is 5.10 Å². The number of methoxy groups -OCH3 is 1. The van der Waals surface area contributed by atoms with Gasteiger partial charge < -0.3 is 9.47 Å². The van der Waals surface area contributed by atoms with Gasteiger partial charge in [0.15, 0.2) is 5.78 Å². The molecule has 2 aromatic rings. The van der Waals surface area contributed by atoms with Crippen LogP contribution in [0.15, 0.2) is 24.3 Å². The Morgan fingerprint density at radius 3 is 2.90 bits per heavy atom. The average Bonchev–Trinajstić information content (AvgIpc) is 2.72. The van der Waals surface area contributed by atoms with Crippen molar-refractivity contribution in [1.82, 2.24) is 9.78 Å². The Hall–Kier alpha value is -2.30. The fourth-order valence-electron chi connectivity index (χ4n) is 2.70. The number of ketones is 1. The van der Waals surface area contributed by atoms with E-state index in [1.165, 1.54) is 0 Å². The number of para-hydroxylation sites is 1. The number of carbonyl (C=O) groups excluding carboxylic acids is 1. The summed E-state index contributed by atoms with van der Waals surface area (Å²) in [5, 5.41) is 4.34. The third-order valence-electron chi connectivity index (χ3n) is 3.56. The van der Waals surface area contributed by atoms with Gasteiger partial charge in [-0.15, -0.1) is 0 Å². The van der Waals surface area contributed by atoms with Crippen LogP contribution in [0.3, 0.4) is 0 Å². The highest BCUT2D eigenvalue weighted by Crippen LogP contribution is 2.39. The number of ether oxygens (including phenoxy) is 2. The summed E-state index contributed by atoms with van der Waals surface area (Å²) in [6.07, 6.45) is -0.0408. The molecule has 5 heteroatoms. The Kier molecular flexibility index (Phi) is 2.97. The number of Topliss-reactive ketones (excluding diaryl/α,β-unsaturated/α-hetero) is 1. The summed E-state index contributed by atoms with van der Waals surface area (Å²) in [5.74, 6) is 1.35. The van der Waals surface area contributed by atoms with Gasteiger partial charge in [0, 0.05) is 7.05 Å². The molecule has 1 atom stereocenters. The fourth-order valence-corrected chi connectivity index (χ4v) is 2.70. The van der Waals surface area contributed by atoms with E-state index in [9.17, 15) is 4.79 Å². The zero-order valence-electron chi connectivity index (χ0n) is 11.7. The number of fused-ring (bicyclic) bond motifs is 1. The first-order valence-electron chi connectivity index (χ1n) is 6.48. The van der Waals surface area contributed by atoms with Crippen molar-refractivity contribution >= 4 is 5.78 Å². The van der Waals surface area contributed by atoms with Crippen molar-refractivity contribution < 1.29 is 14.3 Å². The van der Waals surface area contributed by atoms with Crippen LogP contribution in [-0.2, 0) is 7.05 Å². The summed E-state index contributed by atoms with van der Waals surface area (Å²) in [4.78, 5) is 12.2. The number of carbonyl (C=O) groups is 1. The molecule has 0 saturated heterocycles. The van der Waals surface area contributed by atoms with Crippen molar-refractivity contribution in [3.05, 3.63) is 41.1 Å². The van der Waals surface area contributed by atoms with Crippen LogP contribution in [0, 0.1) is 6.92 Å². The molecule has 0 radical (unpaired) electrons. The number of rotatable bonds is 2. The highest BCUT2D eigenvalue weighted by Gasteiger charge is 2.32. The van der Waals surface area contributed by atoms with Gasteiger partial charge in [0.05, 0.1) is 30.4 Å². The van der Waals surface area contributed by atoms with Gasteiger partial charge in [-0.25, -0.2) is 4.68 Å². The number of hydrogen-bond donors (Lipinski definition) is 0. The zero-order chi connectivity index (χ0) is 14.3. The van der Waals surface area contributed by atoms with Crippen LogP contribution < -0.4 is 9.47 Å². The molecule has 2 heterocycles. The molecule has 1 aliphatic rings. The number of benzene rings is 1. The number of hydrogen-bond acceptors (Lipinski definition) is 4. The first-order chi connectivity index (χ1) is 9.61. The van der Waals surface area contributed by atoms with E-state index in [1.807, 2.05) is 32.2 Å². The number of nitrogens with zero attached hydrogens (tertiary/aromatic N) is 2. The van der Waals surface area contributed by atoms with Gasteiger partial charge in [0.1, 0.15) is 11.9 Å². The van der Waals surface area contributed by atoms with E-state index in [0.717, 1.165) is 11.3 Å². The molecule has 1 aromatic carbocycles. The lowest BCUT2D eigenvalue weighted by molar-refractivity contribution is 0.0846. The van der Waals surface area contributed by atoms with Gasteiger partial charge >= 0.3 is 0 Å². The van der Waals surface area contributed by atoms with Gasteiger partial charge in [0.2, 0.25) is 5.88 Å².